The summed E-state index contributed by atoms with van der Waals surface area (Å²) < 4.78 is 17.5. The summed E-state index contributed by atoms with van der Waals surface area (Å²) in [6, 6.07) is 19.4. The minimum Gasteiger partial charge on any atom is -0.496 e. The van der Waals surface area contributed by atoms with Crippen LogP contribution in [0, 0.1) is 0 Å². The average molecular weight is 486 g/mol. The van der Waals surface area contributed by atoms with Crippen molar-refractivity contribution in [2.75, 3.05) is 19.0 Å². The first-order valence-electron chi connectivity index (χ1n) is 11.9. The van der Waals surface area contributed by atoms with E-state index in [-0.39, 0.29) is 12.5 Å². The molecule has 36 heavy (non-hydrogen) atoms. The molecular formula is C27H27N5O4. The summed E-state index contributed by atoms with van der Waals surface area (Å²) >= 11 is 0. The molecule has 0 saturated heterocycles. The van der Waals surface area contributed by atoms with Crippen molar-refractivity contribution in [1.82, 2.24) is 20.6 Å². The molecule has 2 heterocycles. The third kappa shape index (κ3) is 4.86. The number of para-hydroxylation sites is 1. The van der Waals surface area contributed by atoms with Crippen molar-refractivity contribution < 1.29 is 19.0 Å². The zero-order valence-corrected chi connectivity index (χ0v) is 20.2. The van der Waals surface area contributed by atoms with Gasteiger partial charge in [-0.1, -0.05) is 49.7 Å². The van der Waals surface area contributed by atoms with Crippen LogP contribution in [0.3, 0.4) is 0 Å². The number of ether oxygens (including phenoxy) is 3. The van der Waals surface area contributed by atoms with Gasteiger partial charge in [0.15, 0.2) is 23.4 Å². The van der Waals surface area contributed by atoms with Gasteiger partial charge in [0.05, 0.1) is 18.4 Å². The molecule has 5 rings (SSSR count). The first kappa shape index (κ1) is 23.3. The summed E-state index contributed by atoms with van der Waals surface area (Å²) in [4.78, 5) is 13.3. The number of carbonyl (C=O) groups excluding carboxylic acids is 1. The molecule has 0 radical (unpaired) electrons. The molecular weight excluding hydrogens is 458 g/mol. The van der Waals surface area contributed by atoms with Gasteiger partial charge in [-0.05, 0) is 64.2 Å². The lowest BCUT2D eigenvalue weighted by Gasteiger charge is -2.26. The van der Waals surface area contributed by atoms with Gasteiger partial charge in [0, 0.05) is 0 Å². The number of nitrogens with one attached hydrogen (secondary N) is 2. The van der Waals surface area contributed by atoms with Gasteiger partial charge in [-0.25, -0.2) is 5.10 Å². The standard InChI is InChI=1S/C27H27N5O4/c1-3-4-6-17-9-11-18(12-10-17)19-13-14-20(23(15-19)34-2)27(33)28-21-7-5-8-22-25(21)36-24(16-35-22)26-29-31-32-30-26/h5,7-15,24H,3-4,6,16H2,1-2H3,(H,28,33)(H,29,30,31,32). The number of aromatic amines is 1. The van der Waals surface area contributed by atoms with E-state index in [1.165, 1.54) is 18.4 Å². The Hall–Kier alpha value is -4.40. The zero-order valence-electron chi connectivity index (χ0n) is 20.2. The molecule has 0 saturated carbocycles. The number of hydrogen-bond acceptors (Lipinski definition) is 7. The summed E-state index contributed by atoms with van der Waals surface area (Å²) in [5.74, 6) is 1.54. The van der Waals surface area contributed by atoms with Crippen molar-refractivity contribution in [3.05, 3.63) is 77.6 Å². The Labute approximate surface area is 208 Å². The second kappa shape index (κ2) is 10.5. The Kier molecular flexibility index (Phi) is 6.79. The van der Waals surface area contributed by atoms with Crippen LogP contribution in [0.5, 0.6) is 17.2 Å². The highest BCUT2D eigenvalue weighted by Gasteiger charge is 2.28. The predicted molar refractivity (Wildman–Crippen MR) is 134 cm³/mol. The monoisotopic (exact) mass is 485 g/mol. The lowest BCUT2D eigenvalue weighted by molar-refractivity contribution is 0.0856. The summed E-state index contributed by atoms with van der Waals surface area (Å²) in [6.45, 7) is 2.44. The fraction of sp³-hybridized carbons (Fsp3) is 0.259. The van der Waals surface area contributed by atoms with Gasteiger partial charge < -0.3 is 19.5 Å². The number of carbonyl (C=O) groups is 1. The number of tetrazole rings is 1. The maximum atomic E-state index is 13.3. The van der Waals surface area contributed by atoms with Crippen LogP contribution in [-0.4, -0.2) is 40.2 Å². The average Bonchev–Trinajstić information content (AvgIpc) is 3.47. The number of methoxy groups -OCH3 is 1. The lowest BCUT2D eigenvalue weighted by atomic mass is 10.00. The Morgan fingerprint density at radius 1 is 1.14 bits per heavy atom. The van der Waals surface area contributed by atoms with Gasteiger partial charge in [0.25, 0.3) is 5.91 Å². The summed E-state index contributed by atoms with van der Waals surface area (Å²) in [6.07, 6.45) is 2.91. The topological polar surface area (TPSA) is 111 Å². The van der Waals surface area contributed by atoms with Crippen molar-refractivity contribution in [3.63, 3.8) is 0 Å². The molecule has 9 nitrogen and oxygen atoms in total. The van der Waals surface area contributed by atoms with Crippen LogP contribution in [0.1, 0.15) is 47.6 Å². The van der Waals surface area contributed by atoms with Crippen LogP contribution < -0.4 is 19.5 Å². The maximum absolute atomic E-state index is 13.3. The molecule has 1 atom stereocenters. The number of aromatic nitrogens is 4. The van der Waals surface area contributed by atoms with Gasteiger partial charge in [-0.15, -0.1) is 5.10 Å². The lowest BCUT2D eigenvalue weighted by Crippen LogP contribution is -2.24. The molecule has 0 spiro atoms. The molecule has 0 bridgehead atoms. The zero-order chi connectivity index (χ0) is 24.9. The van der Waals surface area contributed by atoms with E-state index in [2.05, 4.69) is 57.1 Å². The predicted octanol–water partition coefficient (Wildman–Crippen LogP) is 4.98. The van der Waals surface area contributed by atoms with Gasteiger partial charge >= 0.3 is 0 Å². The van der Waals surface area contributed by atoms with Crippen molar-refractivity contribution in [2.45, 2.75) is 32.3 Å². The number of hydrogen-bond donors (Lipinski definition) is 2. The molecule has 3 aromatic carbocycles. The number of aryl methyl sites for hydroxylation is 1. The van der Waals surface area contributed by atoms with Crippen LogP contribution in [0.4, 0.5) is 5.69 Å². The van der Waals surface area contributed by atoms with Crippen molar-refractivity contribution in [3.8, 4) is 28.4 Å². The van der Waals surface area contributed by atoms with Crippen molar-refractivity contribution in [1.29, 1.82) is 0 Å². The highest BCUT2D eigenvalue weighted by molar-refractivity contribution is 6.07. The van der Waals surface area contributed by atoms with Gasteiger partial charge in [-0.2, -0.15) is 0 Å². The first-order valence-corrected chi connectivity index (χ1v) is 11.9. The molecule has 1 aliphatic heterocycles. The van der Waals surface area contributed by atoms with E-state index in [0.29, 0.717) is 34.3 Å². The van der Waals surface area contributed by atoms with E-state index in [1.807, 2.05) is 12.1 Å². The number of anilines is 1. The Morgan fingerprint density at radius 2 is 1.97 bits per heavy atom. The Morgan fingerprint density at radius 3 is 2.72 bits per heavy atom. The normalized spacial score (nSPS) is 14.3. The number of amides is 1. The van der Waals surface area contributed by atoms with Crippen LogP contribution >= 0.6 is 0 Å². The maximum Gasteiger partial charge on any atom is 0.259 e. The number of unbranched alkanes of at least 4 members (excludes halogenated alkanes) is 1. The first-order chi connectivity index (χ1) is 17.7. The third-order valence-corrected chi connectivity index (χ3v) is 6.10. The smallest absolute Gasteiger partial charge is 0.259 e. The van der Waals surface area contributed by atoms with E-state index in [1.54, 1.807) is 31.4 Å². The van der Waals surface area contributed by atoms with Crippen molar-refractivity contribution >= 4 is 11.6 Å². The van der Waals surface area contributed by atoms with Crippen LogP contribution in [0.25, 0.3) is 11.1 Å². The molecule has 2 N–H and O–H groups in total. The number of rotatable bonds is 8. The molecule has 4 aromatic rings. The minimum atomic E-state index is -0.521. The number of H-pyrrole nitrogens is 1. The third-order valence-electron chi connectivity index (χ3n) is 6.10. The largest absolute Gasteiger partial charge is 0.496 e. The Bertz CT molecular complexity index is 1340. The second-order valence-corrected chi connectivity index (χ2v) is 8.51. The fourth-order valence-electron chi connectivity index (χ4n) is 4.12. The SMILES string of the molecule is CCCCc1ccc(-c2ccc(C(=O)Nc3cccc4c3OC(c3nnn[nH]3)CO4)c(OC)c2)cc1. The molecule has 1 aliphatic rings. The van der Waals surface area contributed by atoms with E-state index < -0.39 is 6.10 Å². The number of fused-ring (bicyclic) bond motifs is 1. The van der Waals surface area contributed by atoms with Crippen molar-refractivity contribution in [2.24, 2.45) is 0 Å². The summed E-state index contributed by atoms with van der Waals surface area (Å²) in [7, 11) is 1.56. The second-order valence-electron chi connectivity index (χ2n) is 8.51. The molecule has 0 aliphatic carbocycles. The van der Waals surface area contributed by atoms with Gasteiger partial charge in [0.1, 0.15) is 12.4 Å². The molecule has 1 amide bonds. The summed E-state index contributed by atoms with van der Waals surface area (Å²) in [5.41, 5.74) is 4.25. The molecule has 1 aromatic heterocycles. The van der Waals surface area contributed by atoms with E-state index >= 15 is 0 Å². The van der Waals surface area contributed by atoms with E-state index in [0.717, 1.165) is 17.5 Å². The number of benzene rings is 3. The number of nitrogens with zero attached hydrogens (tertiary/aromatic N) is 3. The Balaban J connectivity index is 1.36. The highest BCUT2D eigenvalue weighted by atomic mass is 16.6. The van der Waals surface area contributed by atoms with Crippen LogP contribution in [0.15, 0.2) is 60.7 Å². The summed E-state index contributed by atoms with van der Waals surface area (Å²) in [5, 5.41) is 16.7. The van der Waals surface area contributed by atoms with Gasteiger partial charge in [-0.3, -0.25) is 4.79 Å². The molecule has 1 unspecified atom stereocenters. The molecule has 0 fully saturated rings. The highest BCUT2D eigenvalue weighted by Crippen LogP contribution is 2.41. The van der Waals surface area contributed by atoms with Crippen LogP contribution in [-0.2, 0) is 6.42 Å². The van der Waals surface area contributed by atoms with Gasteiger partial charge in [0.2, 0.25) is 0 Å². The van der Waals surface area contributed by atoms with E-state index in [4.69, 9.17) is 14.2 Å². The van der Waals surface area contributed by atoms with Crippen LogP contribution in [0.2, 0.25) is 0 Å². The van der Waals surface area contributed by atoms with E-state index in [9.17, 15) is 4.79 Å². The molecule has 9 heteroatoms. The minimum absolute atomic E-state index is 0.246. The molecule has 184 valence electrons. The quantitative estimate of drug-likeness (QED) is 0.362. The fourth-order valence-corrected chi connectivity index (χ4v) is 4.12.